The molecule has 0 bridgehead atoms. The number of fused-ring (bicyclic) bond motifs is 1. The first kappa shape index (κ1) is 28.8. The van der Waals surface area contributed by atoms with Gasteiger partial charge in [0.2, 0.25) is 0 Å². The number of hydrogen-bond donors (Lipinski definition) is 2. The SMILES string of the molecule is C=C.CCCC[C@H](O)C[C@@]1(O)CCc2c(F)ccc(F)c2C1.Cc1ccc(C(F)(F)F)cc1. The van der Waals surface area contributed by atoms with Gasteiger partial charge in [-0.15, -0.1) is 13.2 Å². The quantitative estimate of drug-likeness (QED) is 0.365. The normalized spacial score (nSPS) is 18.2. The van der Waals surface area contributed by atoms with Crippen LogP contribution < -0.4 is 0 Å². The van der Waals surface area contributed by atoms with Crippen molar-refractivity contribution in [3.63, 3.8) is 0 Å². The molecule has 0 amide bonds. The van der Waals surface area contributed by atoms with Crippen molar-refractivity contribution in [2.75, 3.05) is 0 Å². The van der Waals surface area contributed by atoms with E-state index in [1.807, 2.05) is 6.92 Å². The first-order chi connectivity index (χ1) is 15.4. The topological polar surface area (TPSA) is 40.5 Å². The van der Waals surface area contributed by atoms with Gasteiger partial charge in [-0.25, -0.2) is 8.78 Å². The molecule has 2 aromatic carbocycles. The molecule has 0 heterocycles. The zero-order valence-corrected chi connectivity index (χ0v) is 19.2. The molecular formula is C26H33F5O2. The Morgan fingerprint density at radius 1 is 1.00 bits per heavy atom. The molecule has 0 spiro atoms. The van der Waals surface area contributed by atoms with Crippen molar-refractivity contribution < 1.29 is 32.2 Å². The number of benzene rings is 2. The summed E-state index contributed by atoms with van der Waals surface area (Å²) >= 11 is 0. The van der Waals surface area contributed by atoms with Crippen molar-refractivity contribution >= 4 is 0 Å². The van der Waals surface area contributed by atoms with Gasteiger partial charge < -0.3 is 10.2 Å². The Labute approximate surface area is 192 Å². The van der Waals surface area contributed by atoms with Crippen molar-refractivity contribution in [2.45, 2.75) is 76.7 Å². The van der Waals surface area contributed by atoms with Crippen molar-refractivity contribution in [3.8, 4) is 0 Å². The van der Waals surface area contributed by atoms with Gasteiger partial charge in [0.05, 0.1) is 17.3 Å². The van der Waals surface area contributed by atoms with Crippen LogP contribution in [0.3, 0.4) is 0 Å². The van der Waals surface area contributed by atoms with Crippen LogP contribution in [0.5, 0.6) is 0 Å². The lowest BCUT2D eigenvalue weighted by Gasteiger charge is -2.35. The Morgan fingerprint density at radius 3 is 2.06 bits per heavy atom. The van der Waals surface area contributed by atoms with Gasteiger partial charge in [-0.05, 0) is 61.6 Å². The van der Waals surface area contributed by atoms with Crippen molar-refractivity contribution in [1.29, 1.82) is 0 Å². The van der Waals surface area contributed by atoms with E-state index in [-0.39, 0.29) is 18.4 Å². The van der Waals surface area contributed by atoms with Crippen molar-refractivity contribution in [1.82, 2.24) is 0 Å². The molecule has 2 atom stereocenters. The first-order valence-electron chi connectivity index (χ1n) is 11.0. The van der Waals surface area contributed by atoms with Gasteiger partial charge in [0.25, 0.3) is 0 Å². The van der Waals surface area contributed by atoms with Gasteiger partial charge in [0, 0.05) is 12.8 Å². The third kappa shape index (κ3) is 8.89. The minimum Gasteiger partial charge on any atom is -0.393 e. The van der Waals surface area contributed by atoms with E-state index in [2.05, 4.69) is 13.2 Å². The third-order valence-electron chi connectivity index (χ3n) is 5.55. The van der Waals surface area contributed by atoms with Crippen LogP contribution in [0, 0.1) is 18.6 Å². The average Bonchev–Trinajstić information content (AvgIpc) is 2.76. The van der Waals surface area contributed by atoms with Gasteiger partial charge in [0.15, 0.2) is 0 Å². The standard InChI is InChI=1S/C16H22F2O2.C8H7F3.C2H4/c1-2-3-4-11(19)9-16(20)8-7-12-13(10-16)15(18)6-5-14(12)17;1-6-2-4-7(5-3-6)8(9,10)11;1-2/h5-6,11,19-20H,2-4,7-10H2,1H3;2-5H,1H3;1-2H2/t11-,16-;;/m0../s1. The number of aliphatic hydroxyl groups is 2. The Kier molecular flexibility index (Phi) is 11.2. The molecule has 1 aliphatic carbocycles. The zero-order valence-electron chi connectivity index (χ0n) is 19.2. The third-order valence-corrected chi connectivity index (χ3v) is 5.55. The number of rotatable bonds is 5. The fourth-order valence-electron chi connectivity index (χ4n) is 3.77. The van der Waals surface area contributed by atoms with Gasteiger partial charge in [-0.1, -0.05) is 37.5 Å². The molecule has 0 aromatic heterocycles. The van der Waals surface area contributed by atoms with E-state index in [4.69, 9.17) is 0 Å². The second-order valence-corrected chi connectivity index (χ2v) is 8.25. The summed E-state index contributed by atoms with van der Waals surface area (Å²) in [5, 5.41) is 20.5. The number of hydrogen-bond acceptors (Lipinski definition) is 2. The zero-order chi connectivity index (χ0) is 25.2. The molecule has 0 aliphatic heterocycles. The molecule has 2 nitrogen and oxygen atoms in total. The summed E-state index contributed by atoms with van der Waals surface area (Å²) in [7, 11) is 0. The van der Waals surface area contributed by atoms with Crippen LogP contribution in [0.2, 0.25) is 0 Å². The molecule has 1 aliphatic rings. The first-order valence-corrected chi connectivity index (χ1v) is 11.0. The maximum Gasteiger partial charge on any atom is 0.416 e. The highest BCUT2D eigenvalue weighted by molar-refractivity contribution is 5.34. The molecule has 2 aromatic rings. The van der Waals surface area contributed by atoms with Crippen LogP contribution in [0.4, 0.5) is 22.0 Å². The van der Waals surface area contributed by atoms with Crippen LogP contribution in [-0.4, -0.2) is 21.9 Å². The highest BCUT2D eigenvalue weighted by Crippen LogP contribution is 2.35. The summed E-state index contributed by atoms with van der Waals surface area (Å²) in [5.74, 6) is -0.877. The average molecular weight is 473 g/mol. The van der Waals surface area contributed by atoms with E-state index in [1.54, 1.807) is 6.92 Å². The van der Waals surface area contributed by atoms with Crippen LogP contribution in [0.15, 0.2) is 49.6 Å². The minimum absolute atomic E-state index is 0.0785. The molecule has 0 fully saturated rings. The van der Waals surface area contributed by atoms with Gasteiger partial charge in [-0.2, -0.15) is 13.2 Å². The fourth-order valence-corrected chi connectivity index (χ4v) is 3.77. The Balaban J connectivity index is 0.000000354. The van der Waals surface area contributed by atoms with Crippen LogP contribution in [-0.2, 0) is 19.0 Å². The lowest BCUT2D eigenvalue weighted by atomic mass is 9.76. The second kappa shape index (κ2) is 12.8. The molecule has 184 valence electrons. The Hall–Kier alpha value is -2.25. The maximum absolute atomic E-state index is 13.8. The summed E-state index contributed by atoms with van der Waals surface area (Å²) in [5.41, 5.74) is -0.255. The highest BCUT2D eigenvalue weighted by atomic mass is 19.4. The summed E-state index contributed by atoms with van der Waals surface area (Å²) in [6.45, 7) is 9.79. The number of aryl methyl sites for hydroxylation is 1. The van der Waals surface area contributed by atoms with Gasteiger partial charge in [-0.3, -0.25) is 0 Å². The van der Waals surface area contributed by atoms with Crippen LogP contribution in [0.25, 0.3) is 0 Å². The van der Waals surface area contributed by atoms with Crippen molar-refractivity contribution in [3.05, 3.63) is 83.4 Å². The van der Waals surface area contributed by atoms with E-state index >= 15 is 0 Å². The molecule has 3 rings (SSSR count). The lowest BCUT2D eigenvalue weighted by Crippen LogP contribution is -2.40. The summed E-state index contributed by atoms with van der Waals surface area (Å²) < 4.78 is 63.2. The smallest absolute Gasteiger partial charge is 0.393 e. The molecule has 2 N–H and O–H groups in total. The maximum atomic E-state index is 13.8. The molecule has 7 heteroatoms. The van der Waals surface area contributed by atoms with E-state index < -0.39 is 35.1 Å². The molecule has 0 unspecified atom stereocenters. The Bertz CT molecular complexity index is 864. The summed E-state index contributed by atoms with van der Waals surface area (Å²) in [6, 6.07) is 7.29. The fraction of sp³-hybridized carbons (Fsp3) is 0.462. The second-order valence-electron chi connectivity index (χ2n) is 8.25. The van der Waals surface area contributed by atoms with Gasteiger partial charge in [0.1, 0.15) is 11.6 Å². The minimum atomic E-state index is -4.21. The van der Waals surface area contributed by atoms with E-state index in [0.717, 1.165) is 42.7 Å². The Morgan fingerprint density at radius 2 is 1.55 bits per heavy atom. The van der Waals surface area contributed by atoms with E-state index in [1.165, 1.54) is 12.1 Å². The number of aliphatic hydroxyl groups excluding tert-OH is 1. The van der Waals surface area contributed by atoms with Crippen LogP contribution >= 0.6 is 0 Å². The number of halogens is 5. The largest absolute Gasteiger partial charge is 0.416 e. The highest BCUT2D eigenvalue weighted by Gasteiger charge is 2.36. The summed E-state index contributed by atoms with van der Waals surface area (Å²) in [6.07, 6.45) is -1.30. The number of unbranched alkanes of at least 4 members (excludes halogenated alkanes) is 1. The molecular weight excluding hydrogens is 439 g/mol. The predicted molar refractivity (Wildman–Crippen MR) is 121 cm³/mol. The molecule has 0 saturated heterocycles. The van der Waals surface area contributed by atoms with E-state index in [9.17, 15) is 32.2 Å². The van der Waals surface area contributed by atoms with E-state index in [0.29, 0.717) is 24.8 Å². The predicted octanol–water partition coefficient (Wildman–Crippen LogP) is 6.94. The monoisotopic (exact) mass is 472 g/mol. The van der Waals surface area contributed by atoms with Crippen LogP contribution in [0.1, 0.15) is 61.3 Å². The summed E-state index contributed by atoms with van der Waals surface area (Å²) in [4.78, 5) is 0. The lowest BCUT2D eigenvalue weighted by molar-refractivity contribution is -0.137. The molecule has 0 saturated carbocycles. The van der Waals surface area contributed by atoms with Gasteiger partial charge >= 0.3 is 6.18 Å². The van der Waals surface area contributed by atoms with Crippen molar-refractivity contribution in [2.24, 2.45) is 0 Å². The number of alkyl halides is 3. The molecule has 0 radical (unpaired) electrons. The molecule has 33 heavy (non-hydrogen) atoms.